The van der Waals surface area contributed by atoms with Gasteiger partial charge in [-0.3, -0.25) is 0 Å². The first-order valence-corrected chi connectivity index (χ1v) is 6.21. The fourth-order valence-corrected chi connectivity index (χ4v) is 2.57. The minimum atomic E-state index is -0.239. The lowest BCUT2D eigenvalue weighted by atomic mass is 9.95. The lowest BCUT2D eigenvalue weighted by Gasteiger charge is -2.27. The molecular weight excluding hydrogens is 188 g/mol. The molecule has 0 aliphatic heterocycles. The van der Waals surface area contributed by atoms with Gasteiger partial charge < -0.3 is 15.7 Å². The molecule has 0 aromatic carbocycles. The molecule has 0 heterocycles. The highest BCUT2D eigenvalue weighted by molar-refractivity contribution is 4.78. The van der Waals surface area contributed by atoms with Crippen LogP contribution in [0.2, 0.25) is 0 Å². The minimum Gasteiger partial charge on any atom is -0.392 e. The van der Waals surface area contributed by atoms with Gasteiger partial charge in [-0.1, -0.05) is 19.3 Å². The molecule has 3 unspecified atom stereocenters. The summed E-state index contributed by atoms with van der Waals surface area (Å²) >= 11 is 0. The summed E-state index contributed by atoms with van der Waals surface area (Å²) in [5.74, 6) is 0.622. The molecule has 3 heteroatoms. The van der Waals surface area contributed by atoms with Crippen molar-refractivity contribution in [3.63, 3.8) is 0 Å². The summed E-state index contributed by atoms with van der Waals surface area (Å²) in [4.78, 5) is 2.21. The van der Waals surface area contributed by atoms with Crippen molar-refractivity contribution in [2.45, 2.75) is 51.2 Å². The number of nitrogens with two attached hydrogens (primary N) is 1. The lowest BCUT2D eigenvalue weighted by molar-refractivity contribution is 0.127. The van der Waals surface area contributed by atoms with Crippen molar-refractivity contribution in [2.75, 3.05) is 20.1 Å². The Balaban J connectivity index is 2.33. The summed E-state index contributed by atoms with van der Waals surface area (Å²) in [6.07, 6.45) is 6.14. The third-order valence-corrected chi connectivity index (χ3v) is 3.34. The fourth-order valence-electron chi connectivity index (χ4n) is 2.57. The highest BCUT2D eigenvalue weighted by Crippen LogP contribution is 2.22. The molecule has 90 valence electrons. The number of aliphatic hydroxyl groups excluding tert-OH is 1. The lowest BCUT2D eigenvalue weighted by Crippen LogP contribution is -2.39. The molecule has 3 atom stereocenters. The van der Waals surface area contributed by atoms with E-state index in [1.165, 1.54) is 32.1 Å². The van der Waals surface area contributed by atoms with E-state index < -0.39 is 0 Å². The zero-order chi connectivity index (χ0) is 11.3. The molecule has 0 saturated heterocycles. The first-order chi connectivity index (χ1) is 7.09. The van der Waals surface area contributed by atoms with Crippen LogP contribution in [0.3, 0.4) is 0 Å². The van der Waals surface area contributed by atoms with E-state index in [-0.39, 0.29) is 6.10 Å². The highest BCUT2D eigenvalue weighted by Gasteiger charge is 2.21. The van der Waals surface area contributed by atoms with E-state index in [9.17, 15) is 5.11 Å². The van der Waals surface area contributed by atoms with Crippen LogP contribution in [-0.2, 0) is 0 Å². The Bertz CT molecular complexity index is 173. The van der Waals surface area contributed by atoms with Gasteiger partial charge in [0.05, 0.1) is 6.10 Å². The second-order valence-electron chi connectivity index (χ2n) is 5.13. The van der Waals surface area contributed by atoms with Crippen LogP contribution >= 0.6 is 0 Å². The van der Waals surface area contributed by atoms with Crippen LogP contribution in [0.4, 0.5) is 0 Å². The van der Waals surface area contributed by atoms with Gasteiger partial charge >= 0.3 is 0 Å². The molecule has 0 aromatic rings. The Kier molecular flexibility index (Phi) is 5.58. The third-order valence-electron chi connectivity index (χ3n) is 3.34. The molecule has 1 aliphatic rings. The quantitative estimate of drug-likeness (QED) is 0.692. The van der Waals surface area contributed by atoms with Crippen molar-refractivity contribution >= 4 is 0 Å². The molecule has 3 N–H and O–H groups in total. The zero-order valence-corrected chi connectivity index (χ0v) is 10.2. The molecule has 1 fully saturated rings. The van der Waals surface area contributed by atoms with Gasteiger partial charge in [0.25, 0.3) is 0 Å². The Hall–Kier alpha value is -0.120. The smallest absolute Gasteiger partial charge is 0.0638 e. The highest BCUT2D eigenvalue weighted by atomic mass is 16.3. The summed E-state index contributed by atoms with van der Waals surface area (Å²) in [7, 11) is 2.07. The maximum atomic E-state index is 9.30. The summed E-state index contributed by atoms with van der Waals surface area (Å²) in [6.45, 7) is 3.62. The average molecular weight is 214 g/mol. The van der Waals surface area contributed by atoms with Crippen molar-refractivity contribution in [3.05, 3.63) is 0 Å². The van der Waals surface area contributed by atoms with Crippen LogP contribution in [0.15, 0.2) is 0 Å². The standard InChI is InChI=1S/C12H26N2O/c1-10(15)8-14(2)9-11-6-4-3-5-7-12(11)13/h10-12,15H,3-9,13H2,1-2H3. The summed E-state index contributed by atoms with van der Waals surface area (Å²) in [5, 5.41) is 9.30. The predicted octanol–water partition coefficient (Wildman–Crippen LogP) is 1.21. The molecule has 0 aromatic heterocycles. The van der Waals surface area contributed by atoms with Gasteiger partial charge in [0.15, 0.2) is 0 Å². The molecular formula is C12H26N2O. The molecule has 0 bridgehead atoms. The normalized spacial score (nSPS) is 30.2. The number of hydrogen-bond acceptors (Lipinski definition) is 3. The van der Waals surface area contributed by atoms with E-state index in [1.807, 2.05) is 6.92 Å². The second kappa shape index (κ2) is 6.46. The Morgan fingerprint density at radius 1 is 1.33 bits per heavy atom. The summed E-state index contributed by atoms with van der Waals surface area (Å²) in [5.41, 5.74) is 6.17. The van der Waals surface area contributed by atoms with Gasteiger partial charge in [0.1, 0.15) is 0 Å². The number of aliphatic hydroxyl groups is 1. The van der Waals surface area contributed by atoms with Crippen molar-refractivity contribution in [1.82, 2.24) is 4.90 Å². The van der Waals surface area contributed by atoms with E-state index in [4.69, 9.17) is 5.73 Å². The van der Waals surface area contributed by atoms with Gasteiger partial charge in [-0.2, -0.15) is 0 Å². The van der Waals surface area contributed by atoms with E-state index in [1.54, 1.807) is 0 Å². The molecule has 1 aliphatic carbocycles. The van der Waals surface area contributed by atoms with E-state index in [2.05, 4.69) is 11.9 Å². The van der Waals surface area contributed by atoms with Crippen LogP contribution in [0.1, 0.15) is 39.0 Å². The minimum absolute atomic E-state index is 0.239. The Morgan fingerprint density at radius 2 is 2.00 bits per heavy atom. The van der Waals surface area contributed by atoms with Gasteiger partial charge in [0.2, 0.25) is 0 Å². The van der Waals surface area contributed by atoms with Crippen LogP contribution in [-0.4, -0.2) is 42.3 Å². The summed E-state index contributed by atoms with van der Waals surface area (Å²) in [6, 6.07) is 0.365. The monoisotopic (exact) mass is 214 g/mol. The SMILES string of the molecule is CC(O)CN(C)CC1CCCCCC1N. The first-order valence-electron chi connectivity index (χ1n) is 6.21. The van der Waals surface area contributed by atoms with Gasteiger partial charge in [-0.15, -0.1) is 0 Å². The number of hydrogen-bond donors (Lipinski definition) is 2. The van der Waals surface area contributed by atoms with Crippen molar-refractivity contribution in [1.29, 1.82) is 0 Å². The Labute approximate surface area is 93.6 Å². The number of nitrogens with zero attached hydrogens (tertiary/aromatic N) is 1. The fraction of sp³-hybridized carbons (Fsp3) is 1.00. The van der Waals surface area contributed by atoms with E-state index in [0.29, 0.717) is 12.0 Å². The van der Waals surface area contributed by atoms with Crippen LogP contribution < -0.4 is 5.73 Å². The van der Waals surface area contributed by atoms with Gasteiger partial charge in [-0.25, -0.2) is 0 Å². The third kappa shape index (κ3) is 4.96. The van der Waals surface area contributed by atoms with Crippen LogP contribution in [0.5, 0.6) is 0 Å². The van der Waals surface area contributed by atoms with E-state index in [0.717, 1.165) is 13.1 Å². The second-order valence-corrected chi connectivity index (χ2v) is 5.13. The molecule has 1 rings (SSSR count). The Morgan fingerprint density at radius 3 is 2.67 bits per heavy atom. The van der Waals surface area contributed by atoms with E-state index >= 15 is 0 Å². The molecule has 3 nitrogen and oxygen atoms in total. The van der Waals surface area contributed by atoms with Crippen molar-refractivity contribution in [3.8, 4) is 0 Å². The molecule has 1 saturated carbocycles. The number of likely N-dealkylation sites (N-methyl/N-ethyl adjacent to an activating group) is 1. The first kappa shape index (κ1) is 12.9. The molecule has 0 spiro atoms. The maximum absolute atomic E-state index is 9.30. The van der Waals surface area contributed by atoms with Crippen molar-refractivity contribution in [2.24, 2.45) is 11.7 Å². The molecule has 15 heavy (non-hydrogen) atoms. The summed E-state index contributed by atoms with van der Waals surface area (Å²) < 4.78 is 0. The van der Waals surface area contributed by atoms with Gasteiger partial charge in [-0.05, 0) is 32.7 Å². The maximum Gasteiger partial charge on any atom is 0.0638 e. The average Bonchev–Trinajstić information content (AvgIpc) is 2.30. The van der Waals surface area contributed by atoms with Crippen molar-refractivity contribution < 1.29 is 5.11 Å². The van der Waals surface area contributed by atoms with Crippen LogP contribution in [0, 0.1) is 5.92 Å². The van der Waals surface area contributed by atoms with Gasteiger partial charge in [0, 0.05) is 19.1 Å². The predicted molar refractivity (Wildman–Crippen MR) is 63.7 cm³/mol. The molecule has 0 amide bonds. The molecule has 0 radical (unpaired) electrons. The topological polar surface area (TPSA) is 49.5 Å². The largest absolute Gasteiger partial charge is 0.392 e. The number of rotatable bonds is 4. The van der Waals surface area contributed by atoms with Crippen LogP contribution in [0.25, 0.3) is 0 Å². The zero-order valence-electron chi connectivity index (χ0n) is 10.2.